The molecule has 0 atom stereocenters. The average molecular weight is 307 g/mol. The van der Waals surface area contributed by atoms with Gasteiger partial charge < -0.3 is 14.8 Å². The van der Waals surface area contributed by atoms with Gasteiger partial charge in [-0.2, -0.15) is 0 Å². The molecule has 0 saturated carbocycles. The Kier molecular flexibility index (Phi) is 7.43. The molecule has 0 aliphatic heterocycles. The number of hydrogen-bond donors (Lipinski definition) is 1. The Balaban J connectivity index is 2.04. The van der Waals surface area contributed by atoms with Gasteiger partial charge in [0.2, 0.25) is 0 Å². The van der Waals surface area contributed by atoms with E-state index < -0.39 is 11.7 Å². The lowest BCUT2D eigenvalue weighted by atomic mass is 10.1. The number of carbonyl (C=O) groups excluding carboxylic acids is 2. The number of hydrogen-bond acceptors (Lipinski definition) is 4. The minimum atomic E-state index is -0.460. The molecule has 1 amide bonds. The maximum atomic E-state index is 11.5. The van der Waals surface area contributed by atoms with E-state index in [-0.39, 0.29) is 5.97 Å². The number of unbranched alkanes of at least 4 members (excludes halogenated alkanes) is 2. The molecular weight excluding hydrogens is 282 g/mol. The average Bonchev–Trinajstić information content (AvgIpc) is 2.42. The Labute approximate surface area is 132 Å². The van der Waals surface area contributed by atoms with Crippen LogP contribution < -0.4 is 10.1 Å². The molecule has 0 aliphatic rings. The van der Waals surface area contributed by atoms with E-state index in [1.165, 1.54) is 0 Å². The largest absolute Gasteiger partial charge is 0.460 e. The van der Waals surface area contributed by atoms with Crippen molar-refractivity contribution in [2.24, 2.45) is 0 Å². The molecule has 0 aliphatic carbocycles. The first-order valence-corrected chi connectivity index (χ1v) is 7.59. The third-order valence-corrected chi connectivity index (χ3v) is 2.70. The Morgan fingerprint density at radius 1 is 1.05 bits per heavy atom. The predicted octanol–water partition coefficient (Wildman–Crippen LogP) is 3.68. The summed E-state index contributed by atoms with van der Waals surface area (Å²) in [4.78, 5) is 23.0. The summed E-state index contributed by atoms with van der Waals surface area (Å²) in [6.45, 7) is 6.09. The van der Waals surface area contributed by atoms with Crippen LogP contribution in [0.25, 0.3) is 0 Å². The van der Waals surface area contributed by atoms with E-state index in [1.54, 1.807) is 24.3 Å². The molecule has 0 radical (unpaired) electrons. The zero-order valence-electron chi connectivity index (χ0n) is 13.6. The first kappa shape index (κ1) is 18.0. The molecule has 0 heterocycles. The van der Waals surface area contributed by atoms with E-state index in [0.29, 0.717) is 18.7 Å². The number of para-hydroxylation sites is 1. The van der Waals surface area contributed by atoms with Crippen molar-refractivity contribution in [3.63, 3.8) is 0 Å². The lowest BCUT2D eigenvalue weighted by molar-refractivity contribution is -0.154. The lowest BCUT2D eigenvalue weighted by Gasteiger charge is -2.19. The maximum absolute atomic E-state index is 11.5. The van der Waals surface area contributed by atoms with Gasteiger partial charge in [-0.25, -0.2) is 4.79 Å². The Morgan fingerprint density at radius 2 is 1.73 bits per heavy atom. The second-order valence-electron chi connectivity index (χ2n) is 6.03. The lowest BCUT2D eigenvalue weighted by Crippen LogP contribution is -2.27. The smallest absolute Gasteiger partial charge is 0.412 e. The van der Waals surface area contributed by atoms with Crippen LogP contribution in [0, 0.1) is 0 Å². The van der Waals surface area contributed by atoms with Gasteiger partial charge in [-0.1, -0.05) is 24.6 Å². The predicted molar refractivity (Wildman–Crippen MR) is 84.8 cm³/mol. The topological polar surface area (TPSA) is 64.6 Å². The van der Waals surface area contributed by atoms with Gasteiger partial charge in [0.05, 0.1) is 0 Å². The number of benzene rings is 1. The fourth-order valence-electron chi connectivity index (χ4n) is 1.79. The molecule has 0 fully saturated rings. The zero-order valence-corrected chi connectivity index (χ0v) is 13.6. The number of carbonyl (C=O) groups is 2. The summed E-state index contributed by atoms with van der Waals surface area (Å²) in [6, 6.07) is 8.91. The third kappa shape index (κ3) is 9.00. The molecule has 0 saturated heterocycles. The van der Waals surface area contributed by atoms with Crippen LogP contribution in [0.3, 0.4) is 0 Å². The number of esters is 1. The zero-order chi connectivity index (χ0) is 16.4. The summed E-state index contributed by atoms with van der Waals surface area (Å²) in [5.74, 6) is 0.342. The van der Waals surface area contributed by atoms with Gasteiger partial charge >= 0.3 is 12.1 Å². The van der Waals surface area contributed by atoms with Crippen molar-refractivity contribution >= 4 is 12.1 Å². The van der Waals surface area contributed by atoms with E-state index >= 15 is 0 Å². The van der Waals surface area contributed by atoms with Gasteiger partial charge in [0.25, 0.3) is 0 Å². The normalized spacial score (nSPS) is 10.9. The number of ether oxygens (including phenoxy) is 2. The SMILES string of the molecule is CC(C)(C)OC(=O)CCCCCNC(=O)Oc1ccccc1. The Hall–Kier alpha value is -2.04. The van der Waals surface area contributed by atoms with Crippen molar-refractivity contribution in [2.75, 3.05) is 6.54 Å². The van der Waals surface area contributed by atoms with Crippen LogP contribution in [0.2, 0.25) is 0 Å². The van der Waals surface area contributed by atoms with Crippen LogP contribution in [0.1, 0.15) is 46.5 Å². The van der Waals surface area contributed by atoms with Crippen LogP contribution in [-0.4, -0.2) is 24.2 Å². The molecule has 0 unspecified atom stereocenters. The highest BCUT2D eigenvalue weighted by Crippen LogP contribution is 2.10. The molecule has 0 spiro atoms. The monoisotopic (exact) mass is 307 g/mol. The van der Waals surface area contributed by atoms with E-state index in [0.717, 1.165) is 19.3 Å². The molecular formula is C17H25NO4. The highest BCUT2D eigenvalue weighted by molar-refractivity contribution is 5.70. The molecule has 1 rings (SSSR count). The number of amides is 1. The summed E-state index contributed by atoms with van der Waals surface area (Å²) >= 11 is 0. The van der Waals surface area contributed by atoms with Gasteiger partial charge in [0, 0.05) is 13.0 Å². The van der Waals surface area contributed by atoms with Gasteiger partial charge in [-0.05, 0) is 45.7 Å². The summed E-state index contributed by atoms with van der Waals surface area (Å²) in [6.07, 6.45) is 2.35. The van der Waals surface area contributed by atoms with Gasteiger partial charge in [-0.15, -0.1) is 0 Å². The van der Waals surface area contributed by atoms with Crippen LogP contribution in [0.15, 0.2) is 30.3 Å². The van der Waals surface area contributed by atoms with Crippen LogP contribution in [0.4, 0.5) is 4.79 Å². The van der Waals surface area contributed by atoms with Crippen molar-refractivity contribution in [3.05, 3.63) is 30.3 Å². The van der Waals surface area contributed by atoms with Crippen molar-refractivity contribution in [2.45, 2.75) is 52.1 Å². The fourth-order valence-corrected chi connectivity index (χ4v) is 1.79. The second kappa shape index (κ2) is 9.07. The quantitative estimate of drug-likeness (QED) is 0.616. The van der Waals surface area contributed by atoms with Crippen molar-refractivity contribution < 1.29 is 19.1 Å². The molecule has 1 aromatic carbocycles. The first-order chi connectivity index (χ1) is 10.4. The summed E-state index contributed by atoms with van der Waals surface area (Å²) < 4.78 is 10.3. The molecule has 5 heteroatoms. The highest BCUT2D eigenvalue weighted by Gasteiger charge is 2.15. The summed E-state index contributed by atoms with van der Waals surface area (Å²) in [7, 11) is 0. The summed E-state index contributed by atoms with van der Waals surface area (Å²) in [5, 5.41) is 2.68. The van der Waals surface area contributed by atoms with Gasteiger partial charge in [-0.3, -0.25) is 4.79 Å². The molecule has 0 bridgehead atoms. The summed E-state index contributed by atoms with van der Waals surface area (Å²) in [5.41, 5.74) is -0.431. The first-order valence-electron chi connectivity index (χ1n) is 7.59. The van der Waals surface area contributed by atoms with Gasteiger partial charge in [0.15, 0.2) is 0 Å². The van der Waals surface area contributed by atoms with Gasteiger partial charge in [0.1, 0.15) is 11.4 Å². The molecule has 5 nitrogen and oxygen atoms in total. The molecule has 1 aromatic rings. The Bertz CT molecular complexity index is 465. The second-order valence-corrected chi connectivity index (χ2v) is 6.03. The molecule has 122 valence electrons. The Morgan fingerprint density at radius 3 is 2.36 bits per heavy atom. The minimum Gasteiger partial charge on any atom is -0.460 e. The fraction of sp³-hybridized carbons (Fsp3) is 0.529. The standard InChI is InChI=1S/C17H25NO4/c1-17(2,3)22-15(19)12-8-5-9-13-18-16(20)21-14-10-6-4-7-11-14/h4,6-7,10-11H,5,8-9,12-13H2,1-3H3,(H,18,20). The molecule has 1 N–H and O–H groups in total. The van der Waals surface area contributed by atoms with E-state index in [1.807, 2.05) is 26.8 Å². The van der Waals surface area contributed by atoms with Crippen LogP contribution >= 0.6 is 0 Å². The van der Waals surface area contributed by atoms with Crippen molar-refractivity contribution in [1.29, 1.82) is 0 Å². The van der Waals surface area contributed by atoms with Crippen LogP contribution in [-0.2, 0) is 9.53 Å². The van der Waals surface area contributed by atoms with Crippen molar-refractivity contribution in [3.8, 4) is 5.75 Å². The number of rotatable bonds is 7. The van der Waals surface area contributed by atoms with E-state index in [9.17, 15) is 9.59 Å². The number of nitrogens with one attached hydrogen (secondary N) is 1. The van der Waals surface area contributed by atoms with E-state index in [4.69, 9.17) is 9.47 Å². The van der Waals surface area contributed by atoms with Crippen molar-refractivity contribution in [1.82, 2.24) is 5.32 Å². The molecule has 22 heavy (non-hydrogen) atoms. The third-order valence-electron chi connectivity index (χ3n) is 2.70. The van der Waals surface area contributed by atoms with E-state index in [2.05, 4.69) is 5.32 Å². The highest BCUT2D eigenvalue weighted by atomic mass is 16.6. The van der Waals surface area contributed by atoms with Crippen LogP contribution in [0.5, 0.6) is 5.75 Å². The minimum absolute atomic E-state index is 0.177. The molecule has 0 aromatic heterocycles. The maximum Gasteiger partial charge on any atom is 0.412 e.